The van der Waals surface area contributed by atoms with E-state index in [0.717, 1.165) is 38.1 Å². The molecule has 4 aromatic rings. The number of fused-ring (bicyclic) bond motifs is 3. The summed E-state index contributed by atoms with van der Waals surface area (Å²) in [5.74, 6) is 1.24. The third-order valence-electron chi connectivity index (χ3n) is 5.71. The van der Waals surface area contributed by atoms with Gasteiger partial charge in [0.1, 0.15) is 16.5 Å². The van der Waals surface area contributed by atoms with Gasteiger partial charge >= 0.3 is 5.97 Å². The molecule has 0 fully saturated rings. The molecule has 3 N–H and O–H groups in total. The first-order valence-electron chi connectivity index (χ1n) is 10.9. The molecule has 2 aromatic heterocycles. The van der Waals surface area contributed by atoms with E-state index < -0.39 is 10.0 Å². The van der Waals surface area contributed by atoms with Gasteiger partial charge in [-0.25, -0.2) is 23.5 Å². The molecule has 2 heterocycles. The highest BCUT2D eigenvalue weighted by molar-refractivity contribution is 7.89. The number of nitrogens with two attached hydrogens (primary N) is 1. The average molecular weight is 499 g/mol. The van der Waals surface area contributed by atoms with E-state index in [1.54, 1.807) is 23.5 Å². The van der Waals surface area contributed by atoms with Crippen LogP contribution in [0, 0.1) is 0 Å². The summed E-state index contributed by atoms with van der Waals surface area (Å²) in [6.07, 6.45) is 1.43. The van der Waals surface area contributed by atoms with Gasteiger partial charge in [-0.2, -0.15) is 0 Å². The number of methoxy groups -OCH3 is 1. The Labute approximate surface area is 202 Å². The second kappa shape index (κ2) is 10.0. The molecule has 178 valence electrons. The Morgan fingerprint density at radius 1 is 1.15 bits per heavy atom. The van der Waals surface area contributed by atoms with Gasteiger partial charge < -0.3 is 10.1 Å². The zero-order valence-electron chi connectivity index (χ0n) is 18.9. The van der Waals surface area contributed by atoms with Crippen molar-refractivity contribution in [1.82, 2.24) is 9.97 Å². The van der Waals surface area contributed by atoms with Crippen LogP contribution < -0.4 is 10.5 Å². The summed E-state index contributed by atoms with van der Waals surface area (Å²) >= 11 is 1.60. The topological polar surface area (TPSA) is 124 Å². The predicted molar refractivity (Wildman–Crippen MR) is 135 cm³/mol. The van der Waals surface area contributed by atoms with Crippen LogP contribution in [0.3, 0.4) is 0 Å². The molecule has 8 nitrogen and oxygen atoms in total. The quantitative estimate of drug-likeness (QED) is 0.331. The smallest absolute Gasteiger partial charge is 0.305 e. The van der Waals surface area contributed by atoms with E-state index in [4.69, 9.17) is 19.8 Å². The molecule has 2 aromatic carbocycles. The van der Waals surface area contributed by atoms with Crippen molar-refractivity contribution in [3.63, 3.8) is 0 Å². The van der Waals surface area contributed by atoms with Gasteiger partial charge in [-0.1, -0.05) is 37.3 Å². The summed E-state index contributed by atoms with van der Waals surface area (Å²) in [6, 6.07) is 14.8. The van der Waals surface area contributed by atoms with Crippen molar-refractivity contribution in [2.45, 2.75) is 37.0 Å². The number of carbonyl (C=O) groups excluding carboxylic acids is 1. The number of carbonyl (C=O) groups is 1. The Hall–Kier alpha value is -3.08. The number of aryl methyl sites for hydroxylation is 1. The van der Waals surface area contributed by atoms with Crippen molar-refractivity contribution in [2.24, 2.45) is 5.14 Å². The van der Waals surface area contributed by atoms with Gasteiger partial charge in [-0.3, -0.25) is 4.79 Å². The molecule has 0 aliphatic heterocycles. The standard InChI is InChI=1S/C24H26N4O4S2/c1-15(16-7-9-17(10-8-16)34(25,30)31)13-14-26-23-22-18-5-3-4-6-19(18)33-24(22)28-20(27-23)11-12-21(29)32-2/h3-10,15H,11-14H2,1-2H3,(H2,25,30,31)(H,26,27,28). The molecular formula is C24H26N4O4S2. The number of nitrogens with zero attached hydrogens (tertiary/aromatic N) is 2. The molecule has 0 radical (unpaired) electrons. The predicted octanol–water partition coefficient (Wildman–Crippen LogP) is 4.20. The number of sulfonamides is 1. The molecule has 10 heteroatoms. The highest BCUT2D eigenvalue weighted by atomic mass is 32.2. The zero-order valence-corrected chi connectivity index (χ0v) is 20.6. The first kappa shape index (κ1) is 24.1. The second-order valence-corrected chi connectivity index (χ2v) is 10.7. The number of nitrogens with one attached hydrogen (secondary N) is 1. The van der Waals surface area contributed by atoms with Crippen molar-refractivity contribution in [3.05, 3.63) is 59.9 Å². The van der Waals surface area contributed by atoms with Gasteiger partial charge in [-0.15, -0.1) is 11.3 Å². The summed E-state index contributed by atoms with van der Waals surface area (Å²) in [7, 11) is -2.33. The number of hydrogen-bond donors (Lipinski definition) is 2. The highest BCUT2D eigenvalue weighted by Crippen LogP contribution is 2.36. The third kappa shape index (κ3) is 5.35. The maximum absolute atomic E-state index is 11.6. The Balaban J connectivity index is 1.54. The Morgan fingerprint density at radius 3 is 2.59 bits per heavy atom. The molecule has 4 rings (SSSR count). The van der Waals surface area contributed by atoms with Crippen LogP contribution in [0.4, 0.5) is 5.82 Å². The lowest BCUT2D eigenvalue weighted by atomic mass is 9.98. The second-order valence-electron chi connectivity index (χ2n) is 8.07. The lowest BCUT2D eigenvalue weighted by Crippen LogP contribution is -2.12. The van der Waals surface area contributed by atoms with Crippen molar-refractivity contribution < 1.29 is 17.9 Å². The minimum atomic E-state index is -3.70. The molecule has 0 aliphatic carbocycles. The number of benzene rings is 2. The van der Waals surface area contributed by atoms with Gasteiger partial charge in [0.15, 0.2) is 0 Å². The molecule has 1 atom stereocenters. The molecule has 0 spiro atoms. The lowest BCUT2D eigenvalue weighted by Gasteiger charge is -2.14. The molecule has 0 aliphatic rings. The molecule has 0 saturated heterocycles. The lowest BCUT2D eigenvalue weighted by molar-refractivity contribution is -0.140. The van der Waals surface area contributed by atoms with Gasteiger partial charge in [0.05, 0.1) is 23.8 Å². The van der Waals surface area contributed by atoms with Crippen LogP contribution in [0.15, 0.2) is 53.4 Å². The van der Waals surface area contributed by atoms with Crippen LogP contribution in [0.1, 0.15) is 37.1 Å². The van der Waals surface area contributed by atoms with Crippen molar-refractivity contribution in [1.29, 1.82) is 0 Å². The van der Waals surface area contributed by atoms with Gasteiger partial charge in [-0.05, 0) is 36.1 Å². The average Bonchev–Trinajstić information content (AvgIpc) is 3.20. The summed E-state index contributed by atoms with van der Waals surface area (Å²) in [6.45, 7) is 2.75. The monoisotopic (exact) mass is 498 g/mol. The van der Waals surface area contributed by atoms with Gasteiger partial charge in [0.25, 0.3) is 0 Å². The van der Waals surface area contributed by atoms with Crippen LogP contribution in [0.25, 0.3) is 20.3 Å². The number of ether oxygens (including phenoxy) is 1. The summed E-state index contributed by atoms with van der Waals surface area (Å²) < 4.78 is 28.8. The van der Waals surface area contributed by atoms with Crippen molar-refractivity contribution >= 4 is 53.5 Å². The molecule has 1 unspecified atom stereocenters. The minimum absolute atomic E-state index is 0.105. The molecular weight excluding hydrogens is 472 g/mol. The number of primary sulfonamides is 1. The third-order valence-corrected chi connectivity index (χ3v) is 7.71. The summed E-state index contributed by atoms with van der Waals surface area (Å²) in [5, 5.41) is 10.7. The van der Waals surface area contributed by atoms with Crippen molar-refractivity contribution in [2.75, 3.05) is 19.0 Å². The highest BCUT2D eigenvalue weighted by Gasteiger charge is 2.16. The van der Waals surface area contributed by atoms with Crippen LogP contribution >= 0.6 is 11.3 Å². The first-order valence-corrected chi connectivity index (χ1v) is 13.2. The zero-order chi connectivity index (χ0) is 24.3. The number of esters is 1. The molecule has 0 bridgehead atoms. The number of aromatic nitrogens is 2. The Kier molecular flexibility index (Phi) is 7.11. The Morgan fingerprint density at radius 2 is 1.88 bits per heavy atom. The SMILES string of the molecule is COC(=O)CCc1nc(NCCC(C)c2ccc(S(N)(=O)=O)cc2)c2c(n1)sc1ccccc12. The van der Waals surface area contributed by atoms with E-state index in [-0.39, 0.29) is 23.2 Å². The molecule has 0 saturated carbocycles. The van der Waals surface area contributed by atoms with Crippen LogP contribution in [-0.4, -0.2) is 38.0 Å². The Bertz CT molecular complexity index is 1430. The molecule has 34 heavy (non-hydrogen) atoms. The summed E-state index contributed by atoms with van der Waals surface area (Å²) in [4.78, 5) is 22.0. The van der Waals surface area contributed by atoms with E-state index >= 15 is 0 Å². The van der Waals surface area contributed by atoms with Crippen LogP contribution in [0.2, 0.25) is 0 Å². The van der Waals surface area contributed by atoms with E-state index in [1.807, 2.05) is 12.1 Å². The first-order chi connectivity index (χ1) is 16.3. The fourth-order valence-corrected chi connectivity index (χ4v) is 5.39. The normalized spacial score (nSPS) is 12.7. The van der Waals surface area contributed by atoms with E-state index in [1.165, 1.54) is 19.2 Å². The minimum Gasteiger partial charge on any atom is -0.469 e. The number of hydrogen-bond acceptors (Lipinski definition) is 8. The summed E-state index contributed by atoms with van der Waals surface area (Å²) in [5.41, 5.74) is 1.03. The van der Waals surface area contributed by atoms with E-state index in [2.05, 4.69) is 24.4 Å². The number of rotatable bonds is 9. The maximum Gasteiger partial charge on any atom is 0.305 e. The van der Waals surface area contributed by atoms with E-state index in [0.29, 0.717) is 18.8 Å². The fourth-order valence-electron chi connectivity index (χ4n) is 3.78. The van der Waals surface area contributed by atoms with Gasteiger partial charge in [0, 0.05) is 23.1 Å². The van der Waals surface area contributed by atoms with Gasteiger partial charge in [0.2, 0.25) is 10.0 Å². The number of anilines is 1. The maximum atomic E-state index is 11.6. The van der Waals surface area contributed by atoms with Crippen LogP contribution in [-0.2, 0) is 26.0 Å². The van der Waals surface area contributed by atoms with Crippen LogP contribution in [0.5, 0.6) is 0 Å². The fraction of sp³-hybridized carbons (Fsp3) is 0.292. The number of thiophene rings is 1. The van der Waals surface area contributed by atoms with Crippen molar-refractivity contribution in [3.8, 4) is 0 Å². The largest absolute Gasteiger partial charge is 0.469 e. The molecule has 0 amide bonds. The van der Waals surface area contributed by atoms with E-state index in [9.17, 15) is 13.2 Å².